The van der Waals surface area contributed by atoms with Crippen molar-refractivity contribution in [3.05, 3.63) is 11.2 Å². The Morgan fingerprint density at radius 3 is 3.00 bits per heavy atom. The number of carbonyl (C=O) groups is 1. The molecule has 2 aliphatic rings. The van der Waals surface area contributed by atoms with Crippen molar-refractivity contribution in [1.29, 1.82) is 0 Å². The largest absolute Gasteiger partial charge is 0.461 e. The lowest BCUT2D eigenvalue weighted by Crippen LogP contribution is -2.18. The number of nitrogens with zero attached hydrogens (tertiary/aromatic N) is 1. The summed E-state index contributed by atoms with van der Waals surface area (Å²) in [6.45, 7) is 3.18. The third-order valence-electron chi connectivity index (χ3n) is 3.97. The van der Waals surface area contributed by atoms with Crippen LogP contribution in [0.4, 0.5) is 5.00 Å². The van der Waals surface area contributed by atoms with Gasteiger partial charge in [0.25, 0.3) is 0 Å². The van der Waals surface area contributed by atoms with Gasteiger partial charge in [-0.15, -0.1) is 11.3 Å². The quantitative estimate of drug-likeness (QED) is 0.804. The van der Waals surface area contributed by atoms with Gasteiger partial charge in [-0.2, -0.15) is 0 Å². The first kappa shape index (κ1) is 12.0. The Kier molecular flexibility index (Phi) is 3.01. The molecule has 0 radical (unpaired) electrons. The molecular formula is C13H18N2O2S. The molecule has 0 unspecified atom stereocenters. The second kappa shape index (κ2) is 4.53. The number of hydrogen-bond acceptors (Lipinski definition) is 5. The highest BCUT2D eigenvalue weighted by Gasteiger charge is 2.53. The van der Waals surface area contributed by atoms with Crippen molar-refractivity contribution in [1.82, 2.24) is 4.98 Å². The zero-order chi connectivity index (χ0) is 12.6. The third kappa shape index (κ3) is 2.23. The van der Waals surface area contributed by atoms with Crippen molar-refractivity contribution in [3.8, 4) is 0 Å². The molecule has 2 fully saturated rings. The van der Waals surface area contributed by atoms with Gasteiger partial charge in [0.1, 0.15) is 5.00 Å². The topological polar surface area (TPSA) is 51.2 Å². The van der Waals surface area contributed by atoms with Crippen LogP contribution in [0.3, 0.4) is 0 Å². The van der Waals surface area contributed by atoms with Gasteiger partial charge in [-0.1, -0.05) is 0 Å². The lowest BCUT2D eigenvalue weighted by molar-refractivity contribution is 0.0521. The summed E-state index contributed by atoms with van der Waals surface area (Å²) in [6.07, 6.45) is 5.43. The highest BCUT2D eigenvalue weighted by molar-refractivity contribution is 7.14. The summed E-state index contributed by atoms with van der Waals surface area (Å²) in [7, 11) is 0. The molecule has 98 valence electrons. The van der Waals surface area contributed by atoms with Crippen molar-refractivity contribution < 1.29 is 9.53 Å². The van der Waals surface area contributed by atoms with Gasteiger partial charge in [0.2, 0.25) is 0 Å². The van der Waals surface area contributed by atoms with Crippen LogP contribution in [-0.4, -0.2) is 24.1 Å². The molecule has 0 aromatic carbocycles. The van der Waals surface area contributed by atoms with E-state index < -0.39 is 0 Å². The molecule has 3 rings (SSSR count). The van der Waals surface area contributed by atoms with Crippen LogP contribution in [0.2, 0.25) is 0 Å². The Balaban J connectivity index is 1.62. The van der Waals surface area contributed by atoms with Crippen molar-refractivity contribution in [2.75, 3.05) is 18.5 Å². The van der Waals surface area contributed by atoms with Crippen molar-refractivity contribution in [2.24, 2.45) is 11.3 Å². The van der Waals surface area contributed by atoms with E-state index in [0.29, 0.717) is 17.7 Å². The maximum atomic E-state index is 11.7. The van der Waals surface area contributed by atoms with Gasteiger partial charge in [0.15, 0.2) is 5.69 Å². The Bertz CT molecular complexity index is 450. The second-order valence-corrected chi connectivity index (χ2v) is 6.10. The SMILES string of the molecule is CCOC(=O)c1ncsc1NCC1(C2CC2)CC1. The van der Waals surface area contributed by atoms with Crippen LogP contribution in [0.1, 0.15) is 43.1 Å². The van der Waals surface area contributed by atoms with Crippen molar-refractivity contribution >= 4 is 22.3 Å². The van der Waals surface area contributed by atoms with Gasteiger partial charge >= 0.3 is 5.97 Å². The molecule has 1 aromatic rings. The van der Waals surface area contributed by atoms with E-state index in [1.54, 1.807) is 5.51 Å². The third-order valence-corrected chi connectivity index (χ3v) is 4.76. The van der Waals surface area contributed by atoms with Crippen LogP contribution in [0.25, 0.3) is 0 Å². The summed E-state index contributed by atoms with van der Waals surface area (Å²) in [6, 6.07) is 0. The smallest absolute Gasteiger partial charge is 0.360 e. The van der Waals surface area contributed by atoms with Gasteiger partial charge in [0, 0.05) is 6.54 Å². The lowest BCUT2D eigenvalue weighted by atomic mass is 10.0. The zero-order valence-corrected chi connectivity index (χ0v) is 11.4. The van der Waals surface area contributed by atoms with E-state index in [4.69, 9.17) is 4.74 Å². The Morgan fingerprint density at radius 2 is 2.39 bits per heavy atom. The first-order valence-corrected chi connectivity index (χ1v) is 7.47. The molecule has 0 spiro atoms. The summed E-state index contributed by atoms with van der Waals surface area (Å²) >= 11 is 1.48. The van der Waals surface area contributed by atoms with E-state index in [1.165, 1.54) is 37.0 Å². The van der Waals surface area contributed by atoms with Crippen molar-refractivity contribution in [3.63, 3.8) is 0 Å². The van der Waals surface area contributed by atoms with E-state index in [0.717, 1.165) is 17.5 Å². The number of hydrogen-bond donors (Lipinski definition) is 1. The van der Waals surface area contributed by atoms with Crippen LogP contribution in [-0.2, 0) is 4.74 Å². The number of esters is 1. The molecular weight excluding hydrogens is 248 g/mol. The van der Waals surface area contributed by atoms with Gasteiger partial charge in [-0.25, -0.2) is 9.78 Å². The molecule has 0 amide bonds. The molecule has 1 heterocycles. The van der Waals surface area contributed by atoms with E-state index in [2.05, 4.69) is 10.3 Å². The summed E-state index contributed by atoms with van der Waals surface area (Å²) in [4.78, 5) is 15.8. The molecule has 0 aliphatic heterocycles. The van der Waals surface area contributed by atoms with Gasteiger partial charge in [0.05, 0.1) is 12.1 Å². The van der Waals surface area contributed by atoms with E-state index >= 15 is 0 Å². The molecule has 1 N–H and O–H groups in total. The van der Waals surface area contributed by atoms with Gasteiger partial charge < -0.3 is 10.1 Å². The normalized spacial score (nSPS) is 20.5. The average molecular weight is 266 g/mol. The standard InChI is InChI=1S/C13H18N2O2S/c1-2-17-12(16)10-11(18-8-15-10)14-7-13(5-6-13)9-3-4-9/h8-9,14H,2-7H2,1H3. The molecule has 1 aromatic heterocycles. The van der Waals surface area contributed by atoms with Gasteiger partial charge in [-0.3, -0.25) is 0 Å². The summed E-state index contributed by atoms with van der Waals surface area (Å²) in [5, 5.41) is 4.27. The highest BCUT2D eigenvalue weighted by Crippen LogP contribution is 2.61. The molecule has 2 saturated carbocycles. The monoisotopic (exact) mass is 266 g/mol. The lowest BCUT2D eigenvalue weighted by Gasteiger charge is -2.15. The van der Waals surface area contributed by atoms with Crippen LogP contribution in [0.5, 0.6) is 0 Å². The predicted octanol–water partition coefficient (Wildman–Crippen LogP) is 2.92. The number of carbonyl (C=O) groups excluding carboxylic acids is 1. The number of nitrogens with one attached hydrogen (secondary N) is 1. The summed E-state index contributed by atoms with van der Waals surface area (Å²) in [5.41, 5.74) is 2.66. The van der Waals surface area contributed by atoms with Gasteiger partial charge in [-0.05, 0) is 43.9 Å². The molecule has 0 saturated heterocycles. The Labute approximate surface area is 111 Å². The first-order valence-electron chi connectivity index (χ1n) is 6.60. The zero-order valence-electron chi connectivity index (χ0n) is 10.6. The number of aromatic nitrogens is 1. The van der Waals surface area contributed by atoms with Crippen LogP contribution >= 0.6 is 11.3 Å². The molecule has 18 heavy (non-hydrogen) atoms. The first-order chi connectivity index (χ1) is 8.75. The minimum atomic E-state index is -0.322. The predicted molar refractivity (Wildman–Crippen MR) is 71.0 cm³/mol. The fourth-order valence-electron chi connectivity index (χ4n) is 2.56. The van der Waals surface area contributed by atoms with Crippen LogP contribution < -0.4 is 5.32 Å². The second-order valence-electron chi connectivity index (χ2n) is 5.24. The molecule has 0 bridgehead atoms. The molecule has 2 aliphatic carbocycles. The summed E-state index contributed by atoms with van der Waals surface area (Å²) in [5.74, 6) is 0.599. The Hall–Kier alpha value is -1.10. The minimum Gasteiger partial charge on any atom is -0.461 e. The van der Waals surface area contributed by atoms with E-state index in [9.17, 15) is 4.79 Å². The maximum Gasteiger partial charge on any atom is 0.360 e. The van der Waals surface area contributed by atoms with Crippen molar-refractivity contribution in [2.45, 2.75) is 32.6 Å². The average Bonchev–Trinajstić information content (AvgIpc) is 3.25. The molecule has 5 heteroatoms. The minimum absolute atomic E-state index is 0.322. The van der Waals surface area contributed by atoms with Crippen LogP contribution in [0, 0.1) is 11.3 Å². The highest BCUT2D eigenvalue weighted by atomic mass is 32.1. The molecule has 4 nitrogen and oxygen atoms in total. The number of thiazole rings is 1. The number of ether oxygens (including phenoxy) is 1. The number of rotatable bonds is 6. The maximum absolute atomic E-state index is 11.7. The Morgan fingerprint density at radius 1 is 1.61 bits per heavy atom. The van der Waals surface area contributed by atoms with Crippen LogP contribution in [0.15, 0.2) is 5.51 Å². The molecule has 0 atom stereocenters. The number of anilines is 1. The van der Waals surface area contributed by atoms with E-state index in [-0.39, 0.29) is 5.97 Å². The summed E-state index contributed by atoms with van der Waals surface area (Å²) < 4.78 is 5.00. The fourth-order valence-corrected chi connectivity index (χ4v) is 3.23. The van der Waals surface area contributed by atoms with E-state index in [1.807, 2.05) is 6.92 Å². The fraction of sp³-hybridized carbons (Fsp3) is 0.692.